The van der Waals surface area contributed by atoms with Crippen molar-refractivity contribution in [1.29, 1.82) is 0 Å². The molecule has 0 atom stereocenters. The third-order valence-electron chi connectivity index (χ3n) is 1.94. The third kappa shape index (κ3) is 3.79. The molecular formula is C12H19NO. The predicted octanol–water partition coefficient (Wildman–Crippen LogP) is 2.22. The van der Waals surface area contributed by atoms with Gasteiger partial charge in [-0.25, -0.2) is 0 Å². The fraction of sp³-hybridized carbons (Fsp3) is 0.500. The number of benzene rings is 1. The largest absolute Gasteiger partial charge is 0.493 e. The molecule has 2 nitrogen and oxygen atoms in total. The Morgan fingerprint density at radius 2 is 1.86 bits per heavy atom. The monoisotopic (exact) mass is 193 g/mol. The first-order chi connectivity index (χ1) is 6.72. The van der Waals surface area contributed by atoms with Crippen LogP contribution < -0.4 is 10.5 Å². The molecule has 0 fully saturated rings. The summed E-state index contributed by atoms with van der Waals surface area (Å²) in [5.41, 5.74) is 6.73. The molecule has 0 unspecified atom stereocenters. The average molecular weight is 193 g/mol. The third-order valence-corrected chi connectivity index (χ3v) is 1.94. The van der Waals surface area contributed by atoms with Crippen LogP contribution >= 0.6 is 0 Å². The maximum Gasteiger partial charge on any atom is 0.119 e. The van der Waals surface area contributed by atoms with Gasteiger partial charge in [0.25, 0.3) is 0 Å². The highest BCUT2D eigenvalue weighted by Gasteiger charge is 1.97. The van der Waals surface area contributed by atoms with Gasteiger partial charge in [0.05, 0.1) is 6.61 Å². The Kier molecular flexibility index (Phi) is 4.47. The summed E-state index contributed by atoms with van der Waals surface area (Å²) in [7, 11) is 0. The fourth-order valence-corrected chi connectivity index (χ4v) is 1.18. The Morgan fingerprint density at radius 1 is 1.21 bits per heavy atom. The minimum Gasteiger partial charge on any atom is -0.493 e. The molecule has 0 aliphatic rings. The zero-order chi connectivity index (χ0) is 10.4. The second kappa shape index (κ2) is 5.66. The zero-order valence-electron chi connectivity index (χ0n) is 8.99. The molecule has 1 aromatic carbocycles. The van der Waals surface area contributed by atoms with Crippen LogP contribution in [0.15, 0.2) is 24.3 Å². The standard InChI is InChI=1S/C12H19NO/c1-10(2)9-14-12-5-3-11(4-6-12)7-8-13/h3-6,10H,7-9,13H2,1-2H3. The van der Waals surface area contributed by atoms with E-state index >= 15 is 0 Å². The van der Waals surface area contributed by atoms with E-state index in [1.165, 1.54) is 5.56 Å². The van der Waals surface area contributed by atoms with Crippen molar-refractivity contribution in [2.45, 2.75) is 20.3 Å². The van der Waals surface area contributed by atoms with E-state index in [1.807, 2.05) is 12.1 Å². The second-order valence-electron chi connectivity index (χ2n) is 3.89. The molecule has 14 heavy (non-hydrogen) atoms. The van der Waals surface area contributed by atoms with E-state index in [-0.39, 0.29) is 0 Å². The quantitative estimate of drug-likeness (QED) is 0.778. The van der Waals surface area contributed by atoms with Gasteiger partial charge in [-0.1, -0.05) is 26.0 Å². The first-order valence-electron chi connectivity index (χ1n) is 5.14. The van der Waals surface area contributed by atoms with Crippen molar-refractivity contribution >= 4 is 0 Å². The van der Waals surface area contributed by atoms with Crippen molar-refractivity contribution in [3.8, 4) is 5.75 Å². The molecule has 0 aliphatic carbocycles. The van der Waals surface area contributed by atoms with Crippen molar-refractivity contribution in [2.24, 2.45) is 11.7 Å². The topological polar surface area (TPSA) is 35.2 Å². The van der Waals surface area contributed by atoms with E-state index in [9.17, 15) is 0 Å². The molecule has 1 aromatic rings. The lowest BCUT2D eigenvalue weighted by molar-refractivity contribution is 0.271. The summed E-state index contributed by atoms with van der Waals surface area (Å²) < 4.78 is 5.57. The van der Waals surface area contributed by atoms with E-state index in [4.69, 9.17) is 10.5 Å². The zero-order valence-corrected chi connectivity index (χ0v) is 8.99. The molecule has 0 amide bonds. The summed E-state index contributed by atoms with van der Waals surface area (Å²) in [4.78, 5) is 0. The Hall–Kier alpha value is -1.02. The lowest BCUT2D eigenvalue weighted by Gasteiger charge is -2.08. The highest BCUT2D eigenvalue weighted by atomic mass is 16.5. The van der Waals surface area contributed by atoms with E-state index in [0.29, 0.717) is 12.5 Å². The fourth-order valence-electron chi connectivity index (χ4n) is 1.18. The molecule has 0 radical (unpaired) electrons. The van der Waals surface area contributed by atoms with Crippen LogP contribution in [0.25, 0.3) is 0 Å². The Bertz CT molecular complexity index is 254. The van der Waals surface area contributed by atoms with Gasteiger partial charge < -0.3 is 10.5 Å². The first kappa shape index (κ1) is 11.1. The second-order valence-corrected chi connectivity index (χ2v) is 3.89. The van der Waals surface area contributed by atoms with Crippen LogP contribution in [-0.2, 0) is 6.42 Å². The van der Waals surface area contributed by atoms with Crippen molar-refractivity contribution in [3.63, 3.8) is 0 Å². The maximum atomic E-state index is 5.57. The minimum atomic E-state index is 0.568. The average Bonchev–Trinajstić information content (AvgIpc) is 2.17. The maximum absolute atomic E-state index is 5.57. The van der Waals surface area contributed by atoms with Crippen LogP contribution in [0.3, 0.4) is 0 Å². The Balaban J connectivity index is 2.46. The van der Waals surface area contributed by atoms with Crippen LogP contribution in [0, 0.1) is 5.92 Å². The molecule has 2 heteroatoms. The molecule has 0 aliphatic heterocycles. The van der Waals surface area contributed by atoms with Gasteiger partial charge in [-0.3, -0.25) is 0 Å². The highest BCUT2D eigenvalue weighted by Crippen LogP contribution is 2.13. The molecule has 0 bridgehead atoms. The summed E-state index contributed by atoms with van der Waals surface area (Å²) in [5, 5.41) is 0. The van der Waals surface area contributed by atoms with Crippen molar-refractivity contribution in [2.75, 3.05) is 13.2 Å². The number of ether oxygens (including phenoxy) is 1. The van der Waals surface area contributed by atoms with Crippen molar-refractivity contribution in [1.82, 2.24) is 0 Å². The van der Waals surface area contributed by atoms with Gasteiger partial charge in [-0.05, 0) is 36.6 Å². The number of hydrogen-bond acceptors (Lipinski definition) is 2. The molecule has 0 spiro atoms. The number of rotatable bonds is 5. The molecule has 0 heterocycles. The number of nitrogens with two attached hydrogens (primary N) is 1. The first-order valence-corrected chi connectivity index (χ1v) is 5.14. The Labute approximate surface area is 86.1 Å². The van der Waals surface area contributed by atoms with Crippen molar-refractivity contribution in [3.05, 3.63) is 29.8 Å². The van der Waals surface area contributed by atoms with E-state index in [2.05, 4.69) is 26.0 Å². The van der Waals surface area contributed by atoms with Crippen LogP contribution in [-0.4, -0.2) is 13.2 Å². The van der Waals surface area contributed by atoms with Gasteiger partial charge in [-0.2, -0.15) is 0 Å². The molecule has 0 aromatic heterocycles. The predicted molar refractivity (Wildman–Crippen MR) is 59.5 cm³/mol. The van der Waals surface area contributed by atoms with Gasteiger partial charge in [0, 0.05) is 0 Å². The highest BCUT2D eigenvalue weighted by molar-refractivity contribution is 5.27. The van der Waals surface area contributed by atoms with Crippen LogP contribution in [0.2, 0.25) is 0 Å². The van der Waals surface area contributed by atoms with E-state index in [0.717, 1.165) is 18.8 Å². The van der Waals surface area contributed by atoms with Crippen LogP contribution in [0.1, 0.15) is 19.4 Å². The van der Waals surface area contributed by atoms with Crippen LogP contribution in [0.5, 0.6) is 5.75 Å². The summed E-state index contributed by atoms with van der Waals surface area (Å²) in [6, 6.07) is 8.16. The molecule has 1 rings (SSSR count). The van der Waals surface area contributed by atoms with E-state index < -0.39 is 0 Å². The van der Waals surface area contributed by atoms with Gasteiger partial charge in [0.1, 0.15) is 5.75 Å². The minimum absolute atomic E-state index is 0.568. The summed E-state index contributed by atoms with van der Waals surface area (Å²) in [6.45, 7) is 5.76. The van der Waals surface area contributed by atoms with Gasteiger partial charge >= 0.3 is 0 Å². The van der Waals surface area contributed by atoms with E-state index in [1.54, 1.807) is 0 Å². The molecule has 2 N–H and O–H groups in total. The van der Waals surface area contributed by atoms with Gasteiger partial charge in [0.2, 0.25) is 0 Å². The molecular weight excluding hydrogens is 174 g/mol. The SMILES string of the molecule is CC(C)COc1ccc(CCN)cc1. The van der Waals surface area contributed by atoms with Crippen LogP contribution in [0.4, 0.5) is 0 Å². The lowest BCUT2D eigenvalue weighted by atomic mass is 10.1. The molecule has 0 saturated heterocycles. The number of hydrogen-bond donors (Lipinski definition) is 1. The summed E-state index contributed by atoms with van der Waals surface area (Å²) in [6.07, 6.45) is 0.935. The van der Waals surface area contributed by atoms with Gasteiger partial charge in [-0.15, -0.1) is 0 Å². The smallest absolute Gasteiger partial charge is 0.119 e. The Morgan fingerprint density at radius 3 is 2.36 bits per heavy atom. The van der Waals surface area contributed by atoms with Crippen molar-refractivity contribution < 1.29 is 4.74 Å². The summed E-state index contributed by atoms with van der Waals surface area (Å²) in [5.74, 6) is 1.51. The normalized spacial score (nSPS) is 10.6. The molecule has 78 valence electrons. The lowest BCUT2D eigenvalue weighted by Crippen LogP contribution is -2.05. The van der Waals surface area contributed by atoms with Gasteiger partial charge in [0.15, 0.2) is 0 Å². The summed E-state index contributed by atoms with van der Waals surface area (Å²) >= 11 is 0. The molecule has 0 saturated carbocycles.